The number of hydrogen-bond donors (Lipinski definition) is 2. The summed E-state index contributed by atoms with van der Waals surface area (Å²) >= 11 is 0. The maximum Gasteiger partial charge on any atom is 0.252 e. The van der Waals surface area contributed by atoms with Gasteiger partial charge >= 0.3 is 0 Å². The molecule has 0 saturated carbocycles. The van der Waals surface area contributed by atoms with Gasteiger partial charge in [-0.2, -0.15) is 0 Å². The number of nitrogens with two attached hydrogens (primary N) is 1. The van der Waals surface area contributed by atoms with Gasteiger partial charge in [0.2, 0.25) is 0 Å². The van der Waals surface area contributed by atoms with Gasteiger partial charge in [0.05, 0.1) is 12.6 Å². The molecule has 4 nitrogen and oxygen atoms in total. The highest BCUT2D eigenvalue weighted by Gasteiger charge is 2.31. The molecule has 114 valence electrons. The molecule has 2 unspecified atom stereocenters. The summed E-state index contributed by atoms with van der Waals surface area (Å²) in [5.41, 5.74) is 6.47. The second-order valence-corrected chi connectivity index (χ2v) is 5.12. The molecule has 3 N–H and O–H groups in total. The Labute approximate surface area is 127 Å². The van der Waals surface area contributed by atoms with E-state index in [1.54, 1.807) is 14.0 Å². The van der Waals surface area contributed by atoms with E-state index in [9.17, 15) is 4.79 Å². The van der Waals surface area contributed by atoms with Gasteiger partial charge in [0.25, 0.3) is 5.91 Å². The van der Waals surface area contributed by atoms with Crippen molar-refractivity contribution in [3.8, 4) is 11.8 Å². The van der Waals surface area contributed by atoms with Crippen LogP contribution in [0.15, 0.2) is 24.3 Å². The molecule has 0 fully saturated rings. The molecule has 0 saturated heterocycles. The number of benzene rings is 1. The molecule has 0 aromatic heterocycles. The number of methoxy groups -OCH3 is 1. The normalized spacial score (nSPS) is 14.5. The van der Waals surface area contributed by atoms with E-state index in [0.29, 0.717) is 13.0 Å². The Hall–Kier alpha value is -1.83. The molecule has 2 atom stereocenters. The van der Waals surface area contributed by atoms with Crippen molar-refractivity contribution >= 4 is 5.91 Å². The van der Waals surface area contributed by atoms with Gasteiger partial charge in [-0.15, -0.1) is 0 Å². The number of ether oxygens (including phenoxy) is 1. The number of hydrogen-bond acceptors (Lipinski definition) is 3. The van der Waals surface area contributed by atoms with Crippen molar-refractivity contribution in [2.75, 3.05) is 13.7 Å². The number of rotatable bonds is 5. The molecule has 4 heteroatoms. The van der Waals surface area contributed by atoms with Crippen molar-refractivity contribution in [3.63, 3.8) is 0 Å². The van der Waals surface area contributed by atoms with Crippen LogP contribution in [0.2, 0.25) is 0 Å². The zero-order chi connectivity index (χ0) is 15.9. The van der Waals surface area contributed by atoms with Crippen LogP contribution in [0.3, 0.4) is 0 Å². The summed E-state index contributed by atoms with van der Waals surface area (Å²) in [5.74, 6) is 5.70. The minimum atomic E-state index is -0.800. The number of nitrogens with one attached hydrogen (secondary N) is 1. The Morgan fingerprint density at radius 2 is 2.24 bits per heavy atom. The van der Waals surface area contributed by atoms with Gasteiger partial charge < -0.3 is 15.8 Å². The first kappa shape index (κ1) is 17.2. The Morgan fingerprint density at radius 3 is 2.81 bits per heavy atom. The average molecular weight is 288 g/mol. The smallest absolute Gasteiger partial charge is 0.252 e. The Kier molecular flexibility index (Phi) is 6.41. The first-order valence-electron chi connectivity index (χ1n) is 7.12. The molecule has 0 aliphatic rings. The van der Waals surface area contributed by atoms with E-state index < -0.39 is 5.60 Å². The lowest BCUT2D eigenvalue weighted by Gasteiger charge is -2.27. The first-order valence-corrected chi connectivity index (χ1v) is 7.12. The molecule has 1 amide bonds. The fraction of sp³-hybridized carbons (Fsp3) is 0.471. The van der Waals surface area contributed by atoms with E-state index in [0.717, 1.165) is 11.1 Å². The van der Waals surface area contributed by atoms with E-state index in [2.05, 4.69) is 17.2 Å². The third-order valence-corrected chi connectivity index (χ3v) is 3.67. The molecule has 0 aliphatic heterocycles. The van der Waals surface area contributed by atoms with E-state index in [-0.39, 0.29) is 11.9 Å². The van der Waals surface area contributed by atoms with Gasteiger partial charge in [0.1, 0.15) is 5.60 Å². The highest BCUT2D eigenvalue weighted by molar-refractivity contribution is 5.85. The van der Waals surface area contributed by atoms with E-state index >= 15 is 0 Å². The van der Waals surface area contributed by atoms with Crippen LogP contribution < -0.4 is 11.1 Å². The highest BCUT2D eigenvalue weighted by Crippen LogP contribution is 2.18. The Balaban J connectivity index is 2.85. The van der Waals surface area contributed by atoms with Crippen LogP contribution >= 0.6 is 0 Å². The van der Waals surface area contributed by atoms with Gasteiger partial charge in [-0.1, -0.05) is 30.9 Å². The Morgan fingerprint density at radius 1 is 1.52 bits per heavy atom. The highest BCUT2D eigenvalue weighted by atomic mass is 16.5. The SMILES string of the molecule is CCC(C)(OC)C(=O)NC(C)c1cccc(C#CCN)c1. The fourth-order valence-corrected chi connectivity index (χ4v) is 1.87. The summed E-state index contributed by atoms with van der Waals surface area (Å²) in [6.45, 7) is 5.99. The van der Waals surface area contributed by atoms with Crippen LogP contribution in [0.1, 0.15) is 44.4 Å². The summed E-state index contributed by atoms with van der Waals surface area (Å²) in [4.78, 5) is 12.3. The van der Waals surface area contributed by atoms with Crippen LogP contribution in [0.25, 0.3) is 0 Å². The summed E-state index contributed by atoms with van der Waals surface area (Å²) in [7, 11) is 1.55. The van der Waals surface area contributed by atoms with Crippen LogP contribution in [0, 0.1) is 11.8 Å². The summed E-state index contributed by atoms with van der Waals surface area (Å²) in [5, 5.41) is 2.99. The van der Waals surface area contributed by atoms with Crippen molar-refractivity contribution in [1.29, 1.82) is 0 Å². The average Bonchev–Trinajstić information content (AvgIpc) is 2.52. The van der Waals surface area contributed by atoms with Crippen LogP contribution in [0.4, 0.5) is 0 Å². The predicted octanol–water partition coefficient (Wildman–Crippen LogP) is 1.99. The second-order valence-electron chi connectivity index (χ2n) is 5.12. The third kappa shape index (κ3) is 4.59. The molecular weight excluding hydrogens is 264 g/mol. The van der Waals surface area contributed by atoms with Gasteiger partial charge in [-0.05, 0) is 38.0 Å². The molecule has 0 spiro atoms. The molecule has 1 rings (SSSR count). The third-order valence-electron chi connectivity index (χ3n) is 3.67. The lowest BCUT2D eigenvalue weighted by Crippen LogP contribution is -2.46. The van der Waals surface area contributed by atoms with Gasteiger partial charge in [0.15, 0.2) is 0 Å². The fourth-order valence-electron chi connectivity index (χ4n) is 1.87. The first-order chi connectivity index (χ1) is 9.96. The standard InChI is InChI=1S/C17H24N2O2/c1-5-17(3,21-4)16(20)19-13(2)15-10-6-8-14(12-15)9-7-11-18/h6,8,10,12-13H,5,11,18H2,1-4H3,(H,19,20). The maximum atomic E-state index is 12.3. The van der Waals surface area contributed by atoms with Crippen molar-refractivity contribution in [1.82, 2.24) is 5.32 Å². The van der Waals surface area contributed by atoms with E-state index in [4.69, 9.17) is 10.5 Å². The lowest BCUT2D eigenvalue weighted by molar-refractivity contribution is -0.142. The van der Waals surface area contributed by atoms with Gasteiger partial charge in [-0.25, -0.2) is 0 Å². The van der Waals surface area contributed by atoms with E-state index in [1.165, 1.54) is 0 Å². The molecule has 0 heterocycles. The molecule has 0 radical (unpaired) electrons. The number of amides is 1. The van der Waals surface area contributed by atoms with Gasteiger partial charge in [0, 0.05) is 12.7 Å². The minimum absolute atomic E-state index is 0.113. The van der Waals surface area contributed by atoms with Crippen molar-refractivity contribution < 1.29 is 9.53 Å². The molecule has 0 bridgehead atoms. The summed E-state index contributed by atoms with van der Waals surface area (Å²) in [6, 6.07) is 7.66. The van der Waals surface area contributed by atoms with Crippen molar-refractivity contribution in [2.45, 2.75) is 38.8 Å². The molecule has 1 aromatic rings. The second kappa shape index (κ2) is 7.82. The monoisotopic (exact) mass is 288 g/mol. The Bertz CT molecular complexity index is 539. The van der Waals surface area contributed by atoms with Crippen molar-refractivity contribution in [3.05, 3.63) is 35.4 Å². The minimum Gasteiger partial charge on any atom is -0.369 e. The zero-order valence-electron chi connectivity index (χ0n) is 13.2. The van der Waals surface area contributed by atoms with Gasteiger partial charge in [-0.3, -0.25) is 4.79 Å². The largest absolute Gasteiger partial charge is 0.369 e. The van der Waals surface area contributed by atoms with Crippen LogP contribution in [-0.4, -0.2) is 25.2 Å². The van der Waals surface area contributed by atoms with E-state index in [1.807, 2.05) is 38.1 Å². The molecular formula is C17H24N2O2. The van der Waals surface area contributed by atoms with Crippen molar-refractivity contribution in [2.24, 2.45) is 5.73 Å². The molecule has 21 heavy (non-hydrogen) atoms. The quantitative estimate of drug-likeness (QED) is 0.814. The summed E-state index contributed by atoms with van der Waals surface area (Å²) in [6.07, 6.45) is 0.615. The van der Waals surface area contributed by atoms with Crippen LogP contribution in [0.5, 0.6) is 0 Å². The predicted molar refractivity (Wildman–Crippen MR) is 84.6 cm³/mol. The number of carbonyl (C=O) groups excluding carboxylic acids is 1. The molecule has 1 aromatic carbocycles. The topological polar surface area (TPSA) is 64.3 Å². The van der Waals surface area contributed by atoms with Crippen LogP contribution in [-0.2, 0) is 9.53 Å². The zero-order valence-corrected chi connectivity index (χ0v) is 13.2. The summed E-state index contributed by atoms with van der Waals surface area (Å²) < 4.78 is 5.31. The lowest BCUT2D eigenvalue weighted by atomic mass is 10.00. The molecule has 0 aliphatic carbocycles. The maximum absolute atomic E-state index is 12.3. The number of carbonyl (C=O) groups is 1.